The topological polar surface area (TPSA) is 112 Å². The minimum absolute atomic E-state index is 0.0228. The predicted octanol–water partition coefficient (Wildman–Crippen LogP) is -0.321. The Balaban J connectivity index is 2.03. The van der Waals surface area contributed by atoms with Crippen LogP contribution < -0.4 is 11.2 Å². The smallest absolute Gasteiger partial charge is 0.362 e. The first-order valence-electron chi connectivity index (χ1n) is 8.52. The van der Waals surface area contributed by atoms with Gasteiger partial charge < -0.3 is 14.2 Å². The molecule has 0 aliphatic carbocycles. The van der Waals surface area contributed by atoms with Crippen LogP contribution in [0.15, 0.2) is 15.8 Å². The molecule has 2 saturated heterocycles. The van der Waals surface area contributed by atoms with E-state index in [1.54, 1.807) is 27.8 Å². The van der Waals surface area contributed by atoms with E-state index < -0.39 is 46.7 Å². The van der Waals surface area contributed by atoms with Crippen LogP contribution in [0.25, 0.3) is 0 Å². The first-order valence-corrected chi connectivity index (χ1v) is 8.52. The molecule has 0 saturated carbocycles. The van der Waals surface area contributed by atoms with Crippen molar-refractivity contribution in [1.29, 1.82) is 0 Å². The molecule has 1 aromatic heterocycles. The van der Waals surface area contributed by atoms with Gasteiger partial charge in [0.1, 0.15) is 6.10 Å². The lowest BCUT2D eigenvalue weighted by Gasteiger charge is -2.27. The van der Waals surface area contributed by atoms with E-state index in [1.165, 1.54) is 5.06 Å². The number of H-pyrrole nitrogens is 1. The molecule has 3 heterocycles. The number of rotatable bonds is 4. The number of hydroxylamine groups is 2. The molecule has 1 N–H and O–H groups in total. The summed E-state index contributed by atoms with van der Waals surface area (Å²) in [6.07, 6.45) is 0.117. The second-order valence-electron chi connectivity index (χ2n) is 6.89. The summed E-state index contributed by atoms with van der Waals surface area (Å²) in [6, 6.07) is -0.488. The summed E-state index contributed by atoms with van der Waals surface area (Å²) in [6.45, 7) is 5.37. The number of carbonyl (C=O) groups excluding carboxylic acids is 1. The van der Waals surface area contributed by atoms with E-state index in [0.29, 0.717) is 10.8 Å². The molecule has 3 rings (SSSR count). The van der Waals surface area contributed by atoms with E-state index in [9.17, 15) is 18.8 Å². The monoisotopic (exact) mass is 387 g/mol. The van der Waals surface area contributed by atoms with Crippen molar-refractivity contribution in [3.05, 3.63) is 32.9 Å². The highest BCUT2D eigenvalue weighted by Gasteiger charge is 2.57. The predicted molar refractivity (Wildman–Crippen MR) is 88.0 cm³/mol. The average Bonchev–Trinajstić information content (AvgIpc) is 3.11. The molecule has 27 heavy (non-hydrogen) atoms. The number of aromatic amines is 1. The molecule has 150 valence electrons. The second kappa shape index (κ2) is 6.82. The number of halogens is 1. The average molecular weight is 387 g/mol. The number of aromatic nitrogens is 2. The Morgan fingerprint density at radius 3 is 2.74 bits per heavy atom. The molecular formula is C16H22FN3O7. The lowest BCUT2D eigenvalue weighted by atomic mass is 10.0. The van der Waals surface area contributed by atoms with E-state index >= 15 is 0 Å². The van der Waals surface area contributed by atoms with Gasteiger partial charge in [-0.05, 0) is 20.8 Å². The van der Waals surface area contributed by atoms with Crippen LogP contribution >= 0.6 is 0 Å². The lowest BCUT2D eigenvalue weighted by Crippen LogP contribution is -2.51. The summed E-state index contributed by atoms with van der Waals surface area (Å²) in [5, 5.41) is 1.36. The Kier molecular flexibility index (Phi) is 4.97. The van der Waals surface area contributed by atoms with Crippen molar-refractivity contribution >= 4 is 5.97 Å². The molecular weight excluding hydrogens is 365 g/mol. The van der Waals surface area contributed by atoms with Crippen LogP contribution in [-0.4, -0.2) is 58.8 Å². The summed E-state index contributed by atoms with van der Waals surface area (Å²) in [7, 11) is 1.56. The van der Waals surface area contributed by atoms with Crippen LogP contribution in [-0.2, 0) is 29.6 Å². The van der Waals surface area contributed by atoms with Crippen molar-refractivity contribution < 1.29 is 28.2 Å². The normalized spacial score (nSPS) is 30.6. The quantitative estimate of drug-likeness (QED) is 0.700. The van der Waals surface area contributed by atoms with E-state index in [2.05, 4.69) is 0 Å². The zero-order valence-corrected chi connectivity index (χ0v) is 15.5. The fourth-order valence-electron chi connectivity index (χ4n) is 3.35. The molecule has 0 spiro atoms. The van der Waals surface area contributed by atoms with Gasteiger partial charge in [0.25, 0.3) is 11.3 Å². The fourth-order valence-corrected chi connectivity index (χ4v) is 3.35. The van der Waals surface area contributed by atoms with Crippen LogP contribution in [0.5, 0.6) is 0 Å². The highest BCUT2D eigenvalue weighted by Crippen LogP contribution is 2.39. The molecule has 1 aromatic rings. The number of esters is 1. The molecule has 0 unspecified atom stereocenters. The number of nitrogens with one attached hydrogen (secondary N) is 1. The largest absolute Gasteiger partial charge is 0.462 e. The minimum Gasteiger partial charge on any atom is -0.462 e. The maximum atomic E-state index is 13.9. The van der Waals surface area contributed by atoms with Crippen molar-refractivity contribution in [3.63, 3.8) is 0 Å². The van der Waals surface area contributed by atoms with Crippen LogP contribution in [0.2, 0.25) is 0 Å². The first kappa shape index (κ1) is 19.7. The van der Waals surface area contributed by atoms with E-state index in [0.717, 1.165) is 0 Å². The van der Waals surface area contributed by atoms with Crippen molar-refractivity contribution in [2.75, 3.05) is 20.3 Å². The minimum atomic E-state index is -1.98. The SMILES string of the molecule is CCOC(=O)[C@@]1(n2cc(F)c(=O)[nH]c2=O)C[C@H]([C@H]2COC(C)(C)O2)N(C)O1. The molecule has 0 radical (unpaired) electrons. The third kappa shape index (κ3) is 3.43. The number of nitrogens with zero attached hydrogens (tertiary/aromatic N) is 2. The van der Waals surface area contributed by atoms with Crippen LogP contribution in [0.4, 0.5) is 4.39 Å². The van der Waals surface area contributed by atoms with Crippen LogP contribution in [0.1, 0.15) is 27.2 Å². The molecule has 0 bridgehead atoms. The van der Waals surface area contributed by atoms with E-state index in [4.69, 9.17) is 19.0 Å². The van der Waals surface area contributed by atoms with Gasteiger partial charge in [0.05, 0.1) is 25.5 Å². The van der Waals surface area contributed by atoms with Gasteiger partial charge in [0.15, 0.2) is 5.79 Å². The lowest BCUT2D eigenvalue weighted by molar-refractivity contribution is -0.243. The van der Waals surface area contributed by atoms with Crippen molar-refractivity contribution in [2.45, 2.75) is 50.8 Å². The van der Waals surface area contributed by atoms with Gasteiger partial charge in [-0.2, -0.15) is 9.45 Å². The Bertz CT molecular complexity index is 851. The van der Waals surface area contributed by atoms with Crippen molar-refractivity contribution in [1.82, 2.24) is 14.6 Å². The van der Waals surface area contributed by atoms with Gasteiger partial charge in [-0.15, -0.1) is 0 Å². The van der Waals surface area contributed by atoms with Crippen LogP contribution in [0.3, 0.4) is 0 Å². The number of hydrogen-bond acceptors (Lipinski definition) is 8. The summed E-state index contributed by atoms with van der Waals surface area (Å²) in [4.78, 5) is 44.0. The number of likely N-dealkylation sites (N-methyl/N-ethyl adjacent to an activating group) is 1. The molecule has 10 nitrogen and oxygen atoms in total. The van der Waals surface area contributed by atoms with Gasteiger partial charge in [-0.1, -0.05) is 0 Å². The van der Waals surface area contributed by atoms with Crippen molar-refractivity contribution in [2.24, 2.45) is 0 Å². The van der Waals surface area contributed by atoms with Gasteiger partial charge in [0.2, 0.25) is 5.82 Å². The Labute approximate surface area is 153 Å². The maximum Gasteiger partial charge on any atom is 0.362 e. The molecule has 2 aliphatic rings. The summed E-state index contributed by atoms with van der Waals surface area (Å²) < 4.78 is 31.0. The maximum absolute atomic E-state index is 13.9. The number of carbonyl (C=O) groups is 1. The first-order chi connectivity index (χ1) is 12.6. The Hall–Kier alpha value is -2.08. The molecule has 11 heteroatoms. The van der Waals surface area contributed by atoms with Gasteiger partial charge >= 0.3 is 11.7 Å². The standard InChI is InChI=1S/C16H22FN3O7/c1-5-24-13(22)16(20-7-9(17)12(21)18-14(20)23)6-10(19(4)27-16)11-8-25-15(2,3)26-11/h7,10-11H,5-6,8H2,1-4H3,(H,18,21,23)/t10-,11-,16-/m1/s1. The Morgan fingerprint density at radius 2 is 2.15 bits per heavy atom. The second-order valence-corrected chi connectivity index (χ2v) is 6.89. The van der Waals surface area contributed by atoms with E-state index in [-0.39, 0.29) is 19.6 Å². The fraction of sp³-hybridized carbons (Fsp3) is 0.688. The summed E-state index contributed by atoms with van der Waals surface area (Å²) >= 11 is 0. The van der Waals surface area contributed by atoms with Gasteiger partial charge in [-0.3, -0.25) is 19.2 Å². The van der Waals surface area contributed by atoms with E-state index in [1.807, 2.05) is 4.98 Å². The third-order valence-corrected chi connectivity index (χ3v) is 4.59. The van der Waals surface area contributed by atoms with Gasteiger partial charge in [0, 0.05) is 13.5 Å². The summed E-state index contributed by atoms with van der Waals surface area (Å²) in [5.74, 6) is -2.91. The molecule has 2 aliphatic heterocycles. The number of hydrogen-bond donors (Lipinski definition) is 1. The molecule has 0 amide bonds. The number of ether oxygens (including phenoxy) is 3. The highest BCUT2D eigenvalue weighted by molar-refractivity contribution is 5.77. The zero-order chi connectivity index (χ0) is 20.0. The third-order valence-electron chi connectivity index (χ3n) is 4.59. The molecule has 3 atom stereocenters. The zero-order valence-electron chi connectivity index (χ0n) is 15.5. The van der Waals surface area contributed by atoms with Crippen LogP contribution in [0, 0.1) is 5.82 Å². The molecule has 0 aromatic carbocycles. The Morgan fingerprint density at radius 1 is 1.44 bits per heavy atom. The van der Waals surface area contributed by atoms with Gasteiger partial charge in [-0.25, -0.2) is 9.59 Å². The summed E-state index contributed by atoms with van der Waals surface area (Å²) in [5.41, 5.74) is -4.16. The highest BCUT2D eigenvalue weighted by atomic mass is 19.1. The molecule has 2 fully saturated rings. The van der Waals surface area contributed by atoms with Crippen molar-refractivity contribution in [3.8, 4) is 0 Å².